The van der Waals surface area contributed by atoms with Gasteiger partial charge in [0.2, 0.25) is 11.7 Å². The van der Waals surface area contributed by atoms with Crippen molar-refractivity contribution in [3.05, 3.63) is 65.7 Å². The van der Waals surface area contributed by atoms with Crippen LogP contribution in [0.1, 0.15) is 28.8 Å². The van der Waals surface area contributed by atoms with Crippen LogP contribution in [0.4, 0.5) is 20.4 Å². The lowest BCUT2D eigenvalue weighted by molar-refractivity contribution is 0.103. The molecule has 1 aromatic carbocycles. The van der Waals surface area contributed by atoms with Crippen molar-refractivity contribution in [3.8, 4) is 11.1 Å². The van der Waals surface area contributed by atoms with Crippen LogP contribution in [0.25, 0.3) is 22.2 Å². The van der Waals surface area contributed by atoms with Gasteiger partial charge in [0, 0.05) is 91.5 Å². The fourth-order valence-corrected chi connectivity index (χ4v) is 7.00. The molecule has 212 valence electrons. The highest BCUT2D eigenvalue weighted by molar-refractivity contribution is 7.90. The van der Waals surface area contributed by atoms with Crippen LogP contribution in [0.5, 0.6) is 0 Å². The second-order valence-corrected chi connectivity index (χ2v) is 12.6. The molecule has 3 aliphatic rings. The second kappa shape index (κ2) is 9.53. The lowest BCUT2D eigenvalue weighted by Crippen LogP contribution is -2.71. The first-order valence-electron chi connectivity index (χ1n) is 13.3. The van der Waals surface area contributed by atoms with E-state index in [0.29, 0.717) is 59.5 Å². The zero-order chi connectivity index (χ0) is 28.4. The minimum atomic E-state index is -4.05. The Bertz CT molecular complexity index is 1780. The van der Waals surface area contributed by atoms with Crippen molar-refractivity contribution in [3.63, 3.8) is 0 Å². The Labute approximate surface area is 234 Å². The molecule has 14 heteroatoms. The van der Waals surface area contributed by atoms with Gasteiger partial charge in [0.15, 0.2) is 5.82 Å². The normalized spacial score (nSPS) is 18.4. The number of halogens is 2. The van der Waals surface area contributed by atoms with Gasteiger partial charge in [-0.2, -0.15) is 12.7 Å². The molecule has 3 fully saturated rings. The first kappa shape index (κ1) is 25.9. The van der Waals surface area contributed by atoms with Crippen molar-refractivity contribution < 1.29 is 22.0 Å². The van der Waals surface area contributed by atoms with Gasteiger partial charge in [-0.15, -0.1) is 0 Å². The summed E-state index contributed by atoms with van der Waals surface area (Å²) < 4.78 is 59.0. The summed E-state index contributed by atoms with van der Waals surface area (Å²) in [4.78, 5) is 31.8. The average molecular weight is 581 g/mol. The van der Waals surface area contributed by atoms with Crippen LogP contribution in [0.2, 0.25) is 0 Å². The molecule has 1 spiro atoms. The fourth-order valence-electron chi connectivity index (χ4n) is 5.70. The molecule has 0 unspecified atom stereocenters. The zero-order valence-corrected chi connectivity index (χ0v) is 22.6. The van der Waals surface area contributed by atoms with Gasteiger partial charge in [-0.1, -0.05) is 0 Å². The smallest absolute Gasteiger partial charge is 0.301 e. The van der Waals surface area contributed by atoms with Gasteiger partial charge < -0.3 is 15.2 Å². The molecule has 0 aliphatic carbocycles. The molecule has 3 N–H and O–H groups in total. The van der Waals surface area contributed by atoms with Crippen LogP contribution in [0.3, 0.4) is 0 Å². The van der Waals surface area contributed by atoms with Crippen molar-refractivity contribution in [2.75, 3.05) is 48.9 Å². The molecule has 3 aromatic heterocycles. The average Bonchev–Trinajstić information content (AvgIpc) is 3.60. The van der Waals surface area contributed by atoms with Gasteiger partial charge in [-0.05, 0) is 31.0 Å². The molecule has 0 bridgehead atoms. The van der Waals surface area contributed by atoms with Crippen LogP contribution < -0.4 is 14.9 Å². The minimum absolute atomic E-state index is 0.00998. The highest BCUT2D eigenvalue weighted by Crippen LogP contribution is 2.36. The summed E-state index contributed by atoms with van der Waals surface area (Å²) in [5, 5.41) is 3.65. The predicted molar refractivity (Wildman–Crippen MR) is 148 cm³/mol. The fraction of sp³-hybridized carbons (Fsp3) is 0.333. The maximum Gasteiger partial charge on any atom is 0.301 e. The van der Waals surface area contributed by atoms with Gasteiger partial charge in [0.1, 0.15) is 11.5 Å². The third-order valence-electron chi connectivity index (χ3n) is 8.04. The molecule has 4 aromatic rings. The Balaban J connectivity index is 1.17. The van der Waals surface area contributed by atoms with Crippen LogP contribution in [-0.2, 0) is 10.2 Å². The Morgan fingerprint density at radius 3 is 2.39 bits per heavy atom. The lowest BCUT2D eigenvalue weighted by atomic mass is 9.75. The Hall–Kier alpha value is -4.01. The quantitative estimate of drug-likeness (QED) is 0.284. The van der Waals surface area contributed by atoms with Gasteiger partial charge in [-0.3, -0.25) is 9.52 Å². The molecular formula is C27H26F2N8O3S. The summed E-state index contributed by atoms with van der Waals surface area (Å²) in [6.45, 7) is 4.46. The van der Waals surface area contributed by atoms with Crippen molar-refractivity contribution >= 4 is 38.7 Å². The number of aromatic amines is 1. The van der Waals surface area contributed by atoms with E-state index in [-0.39, 0.29) is 5.56 Å². The van der Waals surface area contributed by atoms with E-state index >= 15 is 4.39 Å². The van der Waals surface area contributed by atoms with Crippen LogP contribution >= 0.6 is 0 Å². The molecule has 0 amide bonds. The molecule has 0 atom stereocenters. The van der Waals surface area contributed by atoms with E-state index in [1.807, 2.05) is 0 Å². The summed E-state index contributed by atoms with van der Waals surface area (Å²) in [6.07, 6.45) is 7.68. The third kappa shape index (κ3) is 4.42. The number of hydrogen-bond acceptors (Lipinski definition) is 8. The van der Waals surface area contributed by atoms with E-state index in [1.165, 1.54) is 10.5 Å². The Kier molecular flexibility index (Phi) is 6.03. The monoisotopic (exact) mass is 580 g/mol. The summed E-state index contributed by atoms with van der Waals surface area (Å²) in [7, 11) is -4.05. The van der Waals surface area contributed by atoms with Gasteiger partial charge in [-0.25, -0.2) is 23.7 Å². The molecule has 6 heterocycles. The number of carbonyl (C=O) groups is 1. The number of ketones is 1. The number of hydrogen-bond donors (Lipinski definition) is 3. The number of H-pyrrole nitrogens is 1. The maximum atomic E-state index is 15.5. The molecule has 7 rings (SSSR count). The van der Waals surface area contributed by atoms with E-state index in [4.69, 9.17) is 0 Å². The second-order valence-electron chi connectivity index (χ2n) is 10.9. The van der Waals surface area contributed by atoms with E-state index in [9.17, 15) is 17.6 Å². The largest absolute Gasteiger partial charge is 0.345 e. The summed E-state index contributed by atoms with van der Waals surface area (Å²) in [5.41, 5.74) is 0.600. The van der Waals surface area contributed by atoms with Crippen molar-refractivity contribution in [2.45, 2.75) is 12.8 Å². The van der Waals surface area contributed by atoms with Crippen molar-refractivity contribution in [2.24, 2.45) is 5.41 Å². The third-order valence-corrected chi connectivity index (χ3v) is 9.57. The van der Waals surface area contributed by atoms with Gasteiger partial charge in [0.05, 0.1) is 11.3 Å². The highest BCUT2D eigenvalue weighted by Gasteiger charge is 2.48. The molecular weight excluding hydrogens is 554 g/mol. The Morgan fingerprint density at radius 1 is 1.00 bits per heavy atom. The number of rotatable bonds is 7. The number of aromatic nitrogens is 4. The molecule has 0 radical (unpaired) electrons. The van der Waals surface area contributed by atoms with E-state index < -0.39 is 38.9 Å². The van der Waals surface area contributed by atoms with Crippen LogP contribution in [-0.4, -0.2) is 77.7 Å². The topological polar surface area (TPSA) is 136 Å². The first-order chi connectivity index (χ1) is 19.7. The number of carbonyl (C=O) groups excluding carboxylic acids is 1. The molecule has 3 saturated heterocycles. The highest BCUT2D eigenvalue weighted by atomic mass is 32.2. The molecule has 11 nitrogen and oxygen atoms in total. The van der Waals surface area contributed by atoms with Crippen molar-refractivity contribution in [1.29, 1.82) is 0 Å². The summed E-state index contributed by atoms with van der Waals surface area (Å²) in [6, 6.07) is 3.52. The lowest BCUT2D eigenvalue weighted by Gasteiger charge is -2.55. The number of benzene rings is 1. The van der Waals surface area contributed by atoms with Crippen LogP contribution in [0.15, 0.2) is 43.0 Å². The Morgan fingerprint density at radius 2 is 1.71 bits per heavy atom. The van der Waals surface area contributed by atoms with E-state index in [2.05, 4.69) is 34.9 Å². The number of nitrogens with zero attached hydrogens (tertiary/aromatic N) is 5. The van der Waals surface area contributed by atoms with Crippen molar-refractivity contribution in [1.82, 2.24) is 29.6 Å². The molecule has 3 aliphatic heterocycles. The van der Waals surface area contributed by atoms with Gasteiger partial charge in [0.25, 0.3) is 0 Å². The molecule has 0 saturated carbocycles. The van der Waals surface area contributed by atoms with Crippen LogP contribution in [0, 0.1) is 17.0 Å². The number of fused-ring (bicyclic) bond motifs is 1. The first-order valence-corrected chi connectivity index (χ1v) is 14.7. The standard InChI is InChI=1S/C27H26F2N8O3S/c28-20-3-4-21(35-41(39,40)37-5-1-2-6-37)23(29)22(20)24(38)19-11-32-25-18(19)7-16(8-31-25)17-9-33-26(34-10-17)36-14-27(15-36)12-30-13-27/h3-4,7-11,30,35H,1-2,5-6,12-15H2,(H,31,32). The summed E-state index contributed by atoms with van der Waals surface area (Å²) >= 11 is 0. The van der Waals surface area contributed by atoms with Gasteiger partial charge >= 0.3 is 10.2 Å². The maximum absolute atomic E-state index is 15.5. The minimum Gasteiger partial charge on any atom is -0.345 e. The SMILES string of the molecule is O=C(c1c(F)ccc(NS(=O)(=O)N2CCCC2)c1F)c1c[nH]c2ncc(-c3cnc(N4CC5(CNC5)C4)nc3)cc12. The van der Waals surface area contributed by atoms with E-state index in [1.54, 1.807) is 24.7 Å². The molecule has 41 heavy (non-hydrogen) atoms. The zero-order valence-electron chi connectivity index (χ0n) is 21.8. The predicted octanol–water partition coefficient (Wildman–Crippen LogP) is 2.69. The number of anilines is 2. The summed E-state index contributed by atoms with van der Waals surface area (Å²) in [5.74, 6) is -2.70. The number of pyridine rings is 1. The number of nitrogens with one attached hydrogen (secondary N) is 3. The van der Waals surface area contributed by atoms with E-state index in [0.717, 1.165) is 38.3 Å².